The molecule has 4 aromatic rings. The Balaban J connectivity index is 1.36. The van der Waals surface area contributed by atoms with Crippen LogP contribution in [0.4, 0.5) is 0 Å². The molecule has 18 nitrogen and oxygen atoms in total. The average molecular weight is 930 g/mol. The van der Waals surface area contributed by atoms with Crippen molar-refractivity contribution in [3.05, 3.63) is 94.3 Å². The summed E-state index contributed by atoms with van der Waals surface area (Å²) in [5, 5.41) is 20.0. The number of aromatic nitrogens is 2. The maximum atomic E-state index is 14.8. The highest BCUT2D eigenvalue weighted by Gasteiger charge is 2.36. The predicted octanol–water partition coefficient (Wildman–Crippen LogP) is 2.98. The molecule has 2 heterocycles. The first-order chi connectivity index (χ1) is 32.8. The molecule has 0 unspecified atom stereocenters. The summed E-state index contributed by atoms with van der Waals surface area (Å²) in [5.74, 6) is -1.51. The first-order valence-electron chi connectivity index (χ1n) is 23.2. The summed E-state index contributed by atoms with van der Waals surface area (Å²) in [6.45, 7) is 5.26. The maximum absolute atomic E-state index is 14.8. The number of rotatable bonds is 16. The Kier molecular flexibility index (Phi) is 17.6. The lowest BCUT2D eigenvalue weighted by atomic mass is 9.84. The third-order valence-corrected chi connectivity index (χ3v) is 12.4. The van der Waals surface area contributed by atoms with E-state index in [9.17, 15) is 29.2 Å². The number of nitrogens with zero attached hydrogens (tertiary/aromatic N) is 4. The molecule has 10 N–H and O–H groups in total. The molecule has 1 aliphatic heterocycles. The number of ether oxygens (including phenoxy) is 2. The van der Waals surface area contributed by atoms with Gasteiger partial charge in [0.1, 0.15) is 55.4 Å². The van der Waals surface area contributed by atoms with Crippen molar-refractivity contribution in [2.75, 3.05) is 46.4 Å². The van der Waals surface area contributed by atoms with Crippen molar-refractivity contribution in [2.24, 2.45) is 17.2 Å². The quantitative estimate of drug-likeness (QED) is 0.0797. The van der Waals surface area contributed by atoms with Gasteiger partial charge in [0.2, 0.25) is 23.6 Å². The van der Waals surface area contributed by atoms with Crippen LogP contribution in [0.15, 0.2) is 60.7 Å². The van der Waals surface area contributed by atoms with Gasteiger partial charge in [-0.05, 0) is 93.5 Å². The molecule has 4 atom stereocenters. The van der Waals surface area contributed by atoms with Gasteiger partial charge in [0.25, 0.3) is 5.91 Å². The monoisotopic (exact) mass is 929 g/mol. The molecule has 2 aliphatic rings. The van der Waals surface area contributed by atoms with E-state index in [1.807, 2.05) is 18.2 Å². The summed E-state index contributed by atoms with van der Waals surface area (Å²) < 4.78 is 12.2. The lowest BCUT2D eigenvalue weighted by Gasteiger charge is -2.32. The molecule has 3 aromatic carbocycles. The van der Waals surface area contributed by atoms with Crippen LogP contribution in [0.2, 0.25) is 0 Å². The highest BCUT2D eigenvalue weighted by molar-refractivity contribution is 6.00. The van der Waals surface area contributed by atoms with E-state index < -0.39 is 53.7 Å². The fourth-order valence-electron chi connectivity index (χ4n) is 8.87. The van der Waals surface area contributed by atoms with Crippen molar-refractivity contribution >= 4 is 29.5 Å². The third-order valence-electron chi connectivity index (χ3n) is 12.4. The molecular formula is C50H63N11O7. The summed E-state index contributed by atoms with van der Waals surface area (Å²) in [6.07, 6.45) is 6.13. The summed E-state index contributed by atoms with van der Waals surface area (Å²) in [4.78, 5) is 81.3. The number of hydrogen-bond acceptors (Lipinski definition) is 13. The van der Waals surface area contributed by atoms with Crippen LogP contribution >= 0.6 is 0 Å². The van der Waals surface area contributed by atoms with E-state index in [-0.39, 0.29) is 57.8 Å². The van der Waals surface area contributed by atoms with Crippen LogP contribution in [0, 0.1) is 25.2 Å². The van der Waals surface area contributed by atoms with Gasteiger partial charge in [-0.25, -0.2) is 9.97 Å². The Bertz CT molecular complexity index is 2480. The van der Waals surface area contributed by atoms with Crippen molar-refractivity contribution < 1.29 is 33.4 Å². The number of aryl methyl sites for hydroxylation is 2. The molecular weight excluding hydrogens is 867 g/mol. The third kappa shape index (κ3) is 12.1. The van der Waals surface area contributed by atoms with Gasteiger partial charge in [0, 0.05) is 43.2 Å². The predicted molar refractivity (Wildman–Crippen MR) is 256 cm³/mol. The van der Waals surface area contributed by atoms with Crippen LogP contribution in [0.1, 0.15) is 95.8 Å². The standard InChI is InChI=1S/C50H63N11O7/c1-29-43(30(2)57-45(56-29)35-13-11-34(12-14-35)33-8-6-5-7-9-33)48(64)59-39(18-19-51)50(66)61(4)44-36-15-17-42(68-25-22-54)38(28-36)37-26-32(10-16-41(37)67-24-21-53)27-40(47(63)55-23-20-52)60-46(62)31(3)58-49(44)65/h10-17,26,28,31,33,39-40,44H,5-9,18-19,21-25,27,51,53-54H2,1-4H3,(H,55,63)(H,58,65)(H,59,64)(H,60,62)/t31-,39-,40-,44-/m0/s1. The number of carbonyl (C=O) groups excluding carboxylic acids is 5. The van der Waals surface area contributed by atoms with Gasteiger partial charge >= 0.3 is 0 Å². The highest BCUT2D eigenvalue weighted by Crippen LogP contribution is 2.40. The summed E-state index contributed by atoms with van der Waals surface area (Å²) in [6, 6.07) is 15.4. The van der Waals surface area contributed by atoms with E-state index in [1.165, 1.54) is 56.5 Å². The largest absolute Gasteiger partial charge is 0.492 e. The molecule has 1 fully saturated rings. The zero-order valence-corrected chi connectivity index (χ0v) is 39.2. The molecule has 360 valence electrons. The van der Waals surface area contributed by atoms with Crippen molar-refractivity contribution in [3.8, 4) is 40.1 Å². The Morgan fingerprint density at radius 3 is 2.07 bits per heavy atom. The van der Waals surface area contributed by atoms with Crippen LogP contribution in [-0.2, 0) is 25.6 Å². The summed E-state index contributed by atoms with van der Waals surface area (Å²) in [5.41, 5.74) is 22.8. The van der Waals surface area contributed by atoms with Gasteiger partial charge < -0.3 is 52.8 Å². The second-order valence-electron chi connectivity index (χ2n) is 17.2. The number of nitrogens with two attached hydrogens (primary N) is 3. The second-order valence-corrected chi connectivity index (χ2v) is 17.2. The topological polar surface area (TPSA) is 283 Å². The number of nitriles is 1. The Morgan fingerprint density at radius 2 is 1.46 bits per heavy atom. The molecule has 68 heavy (non-hydrogen) atoms. The van der Waals surface area contributed by atoms with Crippen LogP contribution in [0.25, 0.3) is 22.5 Å². The van der Waals surface area contributed by atoms with E-state index in [1.54, 1.807) is 50.2 Å². The smallest absolute Gasteiger partial charge is 0.255 e. The van der Waals surface area contributed by atoms with Crippen LogP contribution in [0.5, 0.6) is 11.5 Å². The number of carbonyl (C=O) groups is 5. The second kappa shape index (κ2) is 23.7. The van der Waals surface area contributed by atoms with Crippen molar-refractivity contribution in [3.63, 3.8) is 0 Å². The number of hydrogen-bond donors (Lipinski definition) is 7. The minimum atomic E-state index is -1.40. The fraction of sp³-hybridized carbons (Fsp3) is 0.440. The van der Waals surface area contributed by atoms with Crippen LogP contribution in [0.3, 0.4) is 0 Å². The number of likely N-dealkylation sites (N-methyl/N-ethyl adjacent to an activating group) is 1. The van der Waals surface area contributed by atoms with Gasteiger partial charge in [-0.15, -0.1) is 0 Å². The Hall–Kier alpha value is -6.94. The zero-order valence-electron chi connectivity index (χ0n) is 39.2. The number of benzene rings is 3. The van der Waals surface area contributed by atoms with E-state index in [4.69, 9.17) is 36.6 Å². The summed E-state index contributed by atoms with van der Waals surface area (Å²) in [7, 11) is 1.43. The van der Waals surface area contributed by atoms with E-state index in [0.717, 1.165) is 5.56 Å². The number of fused-ring (bicyclic) bond motifs is 5. The van der Waals surface area contributed by atoms with Crippen molar-refractivity contribution in [2.45, 2.75) is 95.8 Å². The zero-order chi connectivity index (χ0) is 48.9. The molecule has 1 aromatic heterocycles. The minimum absolute atomic E-state index is 0.00406. The molecule has 5 amide bonds. The SMILES string of the molecule is Cc1nc(-c2ccc(C3CCCCC3)cc2)nc(C)c1C(=O)N[C@@H](CCN)C(=O)N(C)[C@@H]1C(=O)N[C@@H](C)C(=O)N[C@H](C(=O)NCC#N)Cc2ccc(OCCN)c(c2)-c2cc1ccc2OCCN. The first kappa shape index (κ1) is 50.5. The molecule has 6 rings (SSSR count). The Morgan fingerprint density at radius 1 is 0.838 bits per heavy atom. The Labute approximate surface area is 397 Å². The van der Waals surface area contributed by atoms with E-state index in [2.05, 4.69) is 33.4 Å². The molecule has 0 spiro atoms. The molecule has 0 saturated heterocycles. The molecule has 4 bridgehead atoms. The fourth-order valence-corrected chi connectivity index (χ4v) is 8.87. The molecule has 1 saturated carbocycles. The van der Waals surface area contributed by atoms with Crippen LogP contribution < -0.4 is 47.9 Å². The highest BCUT2D eigenvalue weighted by atomic mass is 16.5. The van der Waals surface area contributed by atoms with Crippen LogP contribution in [-0.4, -0.2) is 109 Å². The lowest BCUT2D eigenvalue weighted by molar-refractivity contribution is -0.141. The first-order valence-corrected chi connectivity index (χ1v) is 23.2. The molecule has 1 aliphatic carbocycles. The molecule has 0 radical (unpaired) electrons. The van der Waals surface area contributed by atoms with Gasteiger partial charge in [0.05, 0.1) is 23.0 Å². The minimum Gasteiger partial charge on any atom is -0.492 e. The van der Waals surface area contributed by atoms with E-state index >= 15 is 0 Å². The summed E-state index contributed by atoms with van der Waals surface area (Å²) >= 11 is 0. The van der Waals surface area contributed by atoms with Crippen molar-refractivity contribution in [1.29, 1.82) is 5.26 Å². The number of nitrogens with one attached hydrogen (secondary N) is 4. The van der Waals surface area contributed by atoms with Crippen molar-refractivity contribution in [1.82, 2.24) is 36.1 Å². The maximum Gasteiger partial charge on any atom is 0.255 e. The van der Waals surface area contributed by atoms with E-state index in [0.29, 0.717) is 56.9 Å². The number of amides is 5. The normalized spacial score (nSPS) is 17.9. The van der Waals surface area contributed by atoms with Gasteiger partial charge in [-0.2, -0.15) is 5.26 Å². The van der Waals surface area contributed by atoms with Gasteiger partial charge in [0.15, 0.2) is 5.82 Å². The lowest BCUT2D eigenvalue weighted by Crippen LogP contribution is -2.56. The van der Waals surface area contributed by atoms with Gasteiger partial charge in [-0.1, -0.05) is 55.7 Å². The molecule has 18 heteroatoms. The van der Waals surface area contributed by atoms with Gasteiger partial charge in [-0.3, -0.25) is 24.0 Å². The average Bonchev–Trinajstić information content (AvgIpc) is 3.33.